The van der Waals surface area contributed by atoms with Crippen molar-refractivity contribution in [1.29, 1.82) is 5.26 Å². The molecule has 1 aromatic carbocycles. The maximum Gasteiger partial charge on any atom is 0.251 e. The zero-order chi connectivity index (χ0) is 14.1. The van der Waals surface area contributed by atoms with E-state index in [2.05, 4.69) is 10.6 Å². The third-order valence-corrected chi connectivity index (χ3v) is 2.37. The number of anilines is 1. The number of benzene rings is 1. The highest BCUT2D eigenvalue weighted by Gasteiger charge is 2.04. The number of nitrogen functional groups attached to an aromatic ring is 1. The Morgan fingerprint density at radius 1 is 1.16 bits per heavy atom. The minimum Gasteiger partial charge on any atom is -0.399 e. The summed E-state index contributed by atoms with van der Waals surface area (Å²) in [6.07, 6.45) is 0.468. The minimum absolute atomic E-state index is 0.141. The molecule has 0 aliphatic carbocycles. The number of hydrogen-bond donors (Lipinski definition) is 3. The molecule has 2 amide bonds. The van der Waals surface area contributed by atoms with Crippen molar-refractivity contribution in [3.05, 3.63) is 29.8 Å². The van der Waals surface area contributed by atoms with Crippen LogP contribution < -0.4 is 16.4 Å². The number of nitrogens with one attached hydrogen (secondary N) is 2. The van der Waals surface area contributed by atoms with E-state index in [9.17, 15) is 9.59 Å². The molecule has 0 radical (unpaired) electrons. The van der Waals surface area contributed by atoms with Gasteiger partial charge in [0.15, 0.2) is 0 Å². The molecule has 0 saturated carbocycles. The molecule has 0 spiro atoms. The highest BCUT2D eigenvalue weighted by molar-refractivity contribution is 5.94. The predicted octanol–water partition coefficient (Wildman–Crippen LogP) is 0.419. The Hall–Kier alpha value is -2.55. The van der Waals surface area contributed by atoms with Gasteiger partial charge in [-0.1, -0.05) is 0 Å². The number of carbonyl (C=O) groups excluding carboxylic acids is 2. The van der Waals surface area contributed by atoms with E-state index in [1.807, 2.05) is 0 Å². The molecule has 19 heavy (non-hydrogen) atoms. The first-order valence-electron chi connectivity index (χ1n) is 5.91. The van der Waals surface area contributed by atoms with Gasteiger partial charge in [-0.25, -0.2) is 0 Å². The third-order valence-electron chi connectivity index (χ3n) is 2.37. The first-order valence-corrected chi connectivity index (χ1v) is 5.91. The van der Waals surface area contributed by atoms with E-state index >= 15 is 0 Å². The molecule has 4 N–H and O–H groups in total. The van der Waals surface area contributed by atoms with Gasteiger partial charge in [-0.3, -0.25) is 9.59 Å². The number of amides is 2. The summed E-state index contributed by atoms with van der Waals surface area (Å²) < 4.78 is 0. The van der Waals surface area contributed by atoms with Crippen molar-refractivity contribution >= 4 is 17.5 Å². The normalized spacial score (nSPS) is 9.42. The first kappa shape index (κ1) is 14.5. The van der Waals surface area contributed by atoms with Gasteiger partial charge < -0.3 is 16.4 Å². The summed E-state index contributed by atoms with van der Waals surface area (Å²) >= 11 is 0. The van der Waals surface area contributed by atoms with E-state index in [-0.39, 0.29) is 18.2 Å². The van der Waals surface area contributed by atoms with Crippen LogP contribution in [0, 0.1) is 11.3 Å². The van der Waals surface area contributed by atoms with Crippen LogP contribution in [0.4, 0.5) is 5.69 Å². The van der Waals surface area contributed by atoms with E-state index in [0.717, 1.165) is 0 Å². The number of hydrogen-bond acceptors (Lipinski definition) is 4. The smallest absolute Gasteiger partial charge is 0.251 e. The van der Waals surface area contributed by atoms with Crippen LogP contribution in [0.25, 0.3) is 0 Å². The Morgan fingerprint density at radius 3 is 2.42 bits per heavy atom. The Balaban J connectivity index is 2.19. The Bertz CT molecular complexity index is 476. The zero-order valence-electron chi connectivity index (χ0n) is 10.5. The van der Waals surface area contributed by atoms with Crippen LogP contribution in [-0.2, 0) is 4.79 Å². The van der Waals surface area contributed by atoms with Crippen molar-refractivity contribution < 1.29 is 9.59 Å². The van der Waals surface area contributed by atoms with Crippen molar-refractivity contribution in [2.45, 2.75) is 12.8 Å². The molecule has 6 heteroatoms. The maximum absolute atomic E-state index is 11.7. The van der Waals surface area contributed by atoms with Crippen LogP contribution in [0.15, 0.2) is 24.3 Å². The Kier molecular flexibility index (Phi) is 5.89. The van der Waals surface area contributed by atoms with Crippen LogP contribution >= 0.6 is 0 Å². The lowest BCUT2D eigenvalue weighted by Gasteiger charge is -2.06. The van der Waals surface area contributed by atoms with Crippen LogP contribution in [-0.4, -0.2) is 24.9 Å². The van der Waals surface area contributed by atoms with Crippen LogP contribution in [0.3, 0.4) is 0 Å². The molecule has 0 saturated heterocycles. The van der Waals surface area contributed by atoms with Gasteiger partial charge in [0.25, 0.3) is 5.91 Å². The molecule has 0 fully saturated rings. The molecule has 0 aliphatic heterocycles. The molecular weight excluding hydrogens is 244 g/mol. The molecule has 1 aromatic rings. The van der Waals surface area contributed by atoms with Crippen molar-refractivity contribution in [3.8, 4) is 6.07 Å². The fraction of sp³-hybridized carbons (Fsp3) is 0.308. The molecule has 0 aromatic heterocycles. The summed E-state index contributed by atoms with van der Waals surface area (Å²) in [7, 11) is 0. The maximum atomic E-state index is 11.7. The number of carbonyl (C=O) groups is 2. The van der Waals surface area contributed by atoms with Crippen LogP contribution in [0.1, 0.15) is 23.2 Å². The van der Waals surface area contributed by atoms with E-state index in [1.165, 1.54) is 0 Å². The molecular formula is C13H16N4O2. The standard InChI is InChI=1S/C13H16N4O2/c14-7-6-12(18)16-8-1-9-17-13(19)10-2-4-11(15)5-3-10/h2-5H,1,6,8-9,15H2,(H,16,18)(H,17,19). The summed E-state index contributed by atoms with van der Waals surface area (Å²) in [5.41, 5.74) is 6.68. The lowest BCUT2D eigenvalue weighted by Crippen LogP contribution is -2.29. The second kappa shape index (κ2) is 7.71. The largest absolute Gasteiger partial charge is 0.399 e. The highest BCUT2D eigenvalue weighted by Crippen LogP contribution is 2.04. The number of nitrogens with two attached hydrogens (primary N) is 1. The quantitative estimate of drug-likeness (QED) is 0.508. The average Bonchev–Trinajstić information content (AvgIpc) is 2.39. The van der Waals surface area contributed by atoms with Gasteiger partial charge in [0.2, 0.25) is 5.91 Å². The van der Waals surface area contributed by atoms with Gasteiger partial charge in [0.1, 0.15) is 6.42 Å². The van der Waals surface area contributed by atoms with Crippen molar-refractivity contribution in [2.75, 3.05) is 18.8 Å². The third kappa shape index (κ3) is 5.55. The second-order valence-corrected chi connectivity index (χ2v) is 3.92. The lowest BCUT2D eigenvalue weighted by atomic mass is 10.2. The van der Waals surface area contributed by atoms with E-state index in [4.69, 9.17) is 11.0 Å². The molecule has 0 aliphatic rings. The predicted molar refractivity (Wildman–Crippen MR) is 71.0 cm³/mol. The van der Waals surface area contributed by atoms with Crippen molar-refractivity contribution in [2.24, 2.45) is 0 Å². The summed E-state index contributed by atoms with van der Waals surface area (Å²) in [5.74, 6) is -0.476. The summed E-state index contributed by atoms with van der Waals surface area (Å²) in [6, 6.07) is 8.39. The monoisotopic (exact) mass is 260 g/mol. The van der Waals surface area contributed by atoms with Crippen LogP contribution in [0.2, 0.25) is 0 Å². The molecule has 0 heterocycles. The number of nitriles is 1. The second-order valence-electron chi connectivity index (χ2n) is 3.92. The number of rotatable bonds is 6. The zero-order valence-corrected chi connectivity index (χ0v) is 10.5. The fourth-order valence-corrected chi connectivity index (χ4v) is 1.39. The molecule has 0 unspecified atom stereocenters. The molecule has 0 atom stereocenters. The fourth-order valence-electron chi connectivity index (χ4n) is 1.39. The van der Waals surface area contributed by atoms with E-state index in [0.29, 0.717) is 30.8 Å². The molecule has 6 nitrogen and oxygen atoms in total. The van der Waals surface area contributed by atoms with Gasteiger partial charge in [0.05, 0.1) is 6.07 Å². The van der Waals surface area contributed by atoms with Gasteiger partial charge in [-0.2, -0.15) is 5.26 Å². The molecule has 100 valence electrons. The van der Waals surface area contributed by atoms with Crippen LogP contribution in [0.5, 0.6) is 0 Å². The van der Waals surface area contributed by atoms with Gasteiger partial charge in [-0.15, -0.1) is 0 Å². The SMILES string of the molecule is N#CCC(=O)NCCCNC(=O)c1ccc(N)cc1. The highest BCUT2D eigenvalue weighted by atomic mass is 16.2. The first-order chi connectivity index (χ1) is 9.13. The molecule has 0 bridgehead atoms. The Labute approximate surface area is 111 Å². The minimum atomic E-state index is -0.299. The van der Waals surface area contributed by atoms with E-state index in [1.54, 1.807) is 30.3 Å². The van der Waals surface area contributed by atoms with Crippen molar-refractivity contribution in [3.63, 3.8) is 0 Å². The van der Waals surface area contributed by atoms with Gasteiger partial charge in [-0.05, 0) is 30.7 Å². The van der Waals surface area contributed by atoms with Gasteiger partial charge in [0, 0.05) is 24.3 Å². The number of nitrogens with zero attached hydrogens (tertiary/aromatic N) is 1. The summed E-state index contributed by atoms with van der Waals surface area (Å²) in [5, 5.41) is 13.6. The van der Waals surface area contributed by atoms with E-state index < -0.39 is 0 Å². The summed E-state index contributed by atoms with van der Waals surface area (Å²) in [4.78, 5) is 22.6. The summed E-state index contributed by atoms with van der Waals surface area (Å²) in [6.45, 7) is 0.887. The van der Waals surface area contributed by atoms with Gasteiger partial charge >= 0.3 is 0 Å². The Morgan fingerprint density at radius 2 is 1.79 bits per heavy atom. The topological polar surface area (TPSA) is 108 Å². The van der Waals surface area contributed by atoms with Crippen molar-refractivity contribution in [1.82, 2.24) is 10.6 Å². The average molecular weight is 260 g/mol. The lowest BCUT2D eigenvalue weighted by molar-refractivity contribution is -0.120. The molecule has 1 rings (SSSR count).